The van der Waals surface area contributed by atoms with Gasteiger partial charge < -0.3 is 9.80 Å². The predicted molar refractivity (Wildman–Crippen MR) is 108 cm³/mol. The largest absolute Gasteiger partial charge is 0.369 e. The van der Waals surface area contributed by atoms with Gasteiger partial charge in [-0.15, -0.1) is 0 Å². The Kier molecular flexibility index (Phi) is 5.97. The number of nitrogens with zero attached hydrogens (tertiary/aromatic N) is 2. The molecule has 0 spiro atoms. The van der Waals surface area contributed by atoms with Crippen LogP contribution in [0.5, 0.6) is 0 Å². The molecular weight excluding hydrogens is 393 g/mol. The molecule has 0 aromatic heterocycles. The number of anilines is 2. The molecule has 0 amide bonds. The molecule has 5 nitrogen and oxygen atoms in total. The number of benzene rings is 2. The number of hydrogen-bond donors (Lipinski definition) is 1. The van der Waals surface area contributed by atoms with Crippen molar-refractivity contribution >= 4 is 44.6 Å². The highest BCUT2D eigenvalue weighted by atomic mass is 35.5. The van der Waals surface area contributed by atoms with E-state index in [2.05, 4.69) is 21.4 Å². The Balaban J connectivity index is 1.71. The van der Waals surface area contributed by atoms with Gasteiger partial charge in [0.15, 0.2) is 0 Å². The van der Waals surface area contributed by atoms with E-state index in [9.17, 15) is 8.42 Å². The third-order valence-electron chi connectivity index (χ3n) is 4.49. The predicted octanol–water partition coefficient (Wildman–Crippen LogP) is 3.94. The minimum atomic E-state index is -3.77. The van der Waals surface area contributed by atoms with Crippen LogP contribution in [-0.2, 0) is 10.0 Å². The van der Waals surface area contributed by atoms with Crippen molar-refractivity contribution in [2.45, 2.75) is 11.8 Å². The zero-order valence-corrected chi connectivity index (χ0v) is 16.8. The van der Waals surface area contributed by atoms with Gasteiger partial charge in [0.2, 0.25) is 0 Å². The fourth-order valence-electron chi connectivity index (χ4n) is 2.97. The quantitative estimate of drug-likeness (QED) is 0.806. The van der Waals surface area contributed by atoms with Crippen LogP contribution in [0.25, 0.3) is 0 Å². The molecule has 1 aliphatic rings. The van der Waals surface area contributed by atoms with Crippen molar-refractivity contribution in [3.8, 4) is 0 Å². The topological polar surface area (TPSA) is 52.6 Å². The van der Waals surface area contributed by atoms with Gasteiger partial charge in [0.1, 0.15) is 4.90 Å². The Morgan fingerprint density at radius 2 is 1.65 bits per heavy atom. The molecule has 0 atom stereocenters. The maximum atomic E-state index is 12.5. The second-order valence-electron chi connectivity index (χ2n) is 6.15. The molecule has 0 unspecified atom stereocenters. The molecule has 1 aliphatic heterocycles. The number of likely N-dealkylation sites (N-methyl/N-ethyl adjacent to an activating group) is 1. The number of halogens is 2. The second kappa shape index (κ2) is 8.05. The second-order valence-corrected chi connectivity index (χ2v) is 8.64. The maximum absolute atomic E-state index is 12.5. The summed E-state index contributed by atoms with van der Waals surface area (Å²) >= 11 is 11.8. The van der Waals surface area contributed by atoms with E-state index in [0.717, 1.165) is 38.4 Å². The van der Waals surface area contributed by atoms with Gasteiger partial charge in [-0.1, -0.05) is 30.1 Å². The molecule has 1 N–H and O–H groups in total. The Labute approximate surface area is 164 Å². The molecule has 140 valence electrons. The minimum absolute atomic E-state index is 0.00308. The Morgan fingerprint density at radius 1 is 1.00 bits per heavy atom. The lowest BCUT2D eigenvalue weighted by Gasteiger charge is -2.35. The number of piperazine rings is 1. The number of rotatable bonds is 5. The fraction of sp³-hybridized carbons (Fsp3) is 0.333. The average molecular weight is 414 g/mol. The van der Waals surface area contributed by atoms with Crippen molar-refractivity contribution in [3.05, 3.63) is 52.5 Å². The van der Waals surface area contributed by atoms with Gasteiger partial charge in [-0.25, -0.2) is 8.42 Å². The summed E-state index contributed by atoms with van der Waals surface area (Å²) in [7, 11) is -3.77. The molecule has 0 radical (unpaired) electrons. The van der Waals surface area contributed by atoms with E-state index in [0.29, 0.717) is 10.7 Å². The number of hydrogen-bond acceptors (Lipinski definition) is 4. The van der Waals surface area contributed by atoms with Crippen LogP contribution in [0.4, 0.5) is 11.4 Å². The molecule has 2 aromatic rings. The van der Waals surface area contributed by atoms with Crippen molar-refractivity contribution in [3.63, 3.8) is 0 Å². The van der Waals surface area contributed by atoms with Gasteiger partial charge in [0.05, 0.1) is 5.02 Å². The lowest BCUT2D eigenvalue weighted by Crippen LogP contribution is -2.46. The van der Waals surface area contributed by atoms with Crippen LogP contribution in [0.15, 0.2) is 47.4 Å². The van der Waals surface area contributed by atoms with E-state index < -0.39 is 10.0 Å². The fourth-order valence-corrected chi connectivity index (χ4v) is 4.80. The molecule has 0 saturated carbocycles. The highest BCUT2D eigenvalue weighted by Gasteiger charge is 2.19. The lowest BCUT2D eigenvalue weighted by molar-refractivity contribution is 0.271. The standard InChI is InChI=1S/C18H21Cl2N3O2S/c1-2-22-9-11-23(12-10-22)16-6-4-15(5-7-16)21-26(24,25)18-8-3-14(19)13-17(18)20/h3-8,13,21H,2,9-12H2,1H3. The normalized spacial score (nSPS) is 15.9. The van der Waals surface area contributed by atoms with Crippen LogP contribution in [0.2, 0.25) is 10.0 Å². The summed E-state index contributed by atoms with van der Waals surface area (Å²) in [6, 6.07) is 11.7. The summed E-state index contributed by atoms with van der Waals surface area (Å²) in [6.45, 7) is 7.27. The van der Waals surface area contributed by atoms with Gasteiger partial charge in [0.25, 0.3) is 10.0 Å². The maximum Gasteiger partial charge on any atom is 0.263 e. The summed E-state index contributed by atoms with van der Waals surface area (Å²) in [6.07, 6.45) is 0. The van der Waals surface area contributed by atoms with Gasteiger partial charge >= 0.3 is 0 Å². The highest BCUT2D eigenvalue weighted by molar-refractivity contribution is 7.92. The highest BCUT2D eigenvalue weighted by Crippen LogP contribution is 2.27. The van der Waals surface area contributed by atoms with Crippen LogP contribution >= 0.6 is 23.2 Å². The molecule has 26 heavy (non-hydrogen) atoms. The monoisotopic (exact) mass is 413 g/mol. The van der Waals surface area contributed by atoms with Gasteiger partial charge in [-0.05, 0) is 49.0 Å². The molecule has 3 rings (SSSR count). The van der Waals surface area contributed by atoms with E-state index in [-0.39, 0.29) is 9.92 Å². The van der Waals surface area contributed by atoms with Crippen molar-refractivity contribution in [2.75, 3.05) is 42.3 Å². The summed E-state index contributed by atoms with van der Waals surface area (Å²) in [5.74, 6) is 0. The lowest BCUT2D eigenvalue weighted by atomic mass is 10.2. The molecule has 8 heteroatoms. The first-order chi connectivity index (χ1) is 12.4. The summed E-state index contributed by atoms with van der Waals surface area (Å²) in [5.41, 5.74) is 1.58. The van der Waals surface area contributed by atoms with E-state index in [1.54, 1.807) is 12.1 Å². The van der Waals surface area contributed by atoms with Crippen molar-refractivity contribution < 1.29 is 8.42 Å². The summed E-state index contributed by atoms with van der Waals surface area (Å²) < 4.78 is 27.6. The molecule has 1 heterocycles. The summed E-state index contributed by atoms with van der Waals surface area (Å²) in [4.78, 5) is 4.72. The van der Waals surface area contributed by atoms with Crippen LogP contribution < -0.4 is 9.62 Å². The third kappa shape index (κ3) is 4.43. The Bertz CT molecular complexity index is 865. The van der Waals surface area contributed by atoms with Crippen molar-refractivity contribution in [2.24, 2.45) is 0 Å². The SMILES string of the molecule is CCN1CCN(c2ccc(NS(=O)(=O)c3ccc(Cl)cc3Cl)cc2)CC1. The molecule has 1 fully saturated rings. The average Bonchev–Trinajstić information content (AvgIpc) is 2.62. The molecular formula is C18H21Cl2N3O2S. The zero-order chi connectivity index (χ0) is 18.7. The first-order valence-electron chi connectivity index (χ1n) is 8.44. The van der Waals surface area contributed by atoms with Crippen LogP contribution in [-0.4, -0.2) is 46.0 Å². The Morgan fingerprint density at radius 3 is 2.23 bits per heavy atom. The zero-order valence-electron chi connectivity index (χ0n) is 14.5. The molecule has 0 bridgehead atoms. The smallest absolute Gasteiger partial charge is 0.263 e. The third-order valence-corrected chi connectivity index (χ3v) is 6.59. The number of nitrogens with one attached hydrogen (secondary N) is 1. The van der Waals surface area contributed by atoms with Gasteiger partial charge in [0, 0.05) is 42.6 Å². The van der Waals surface area contributed by atoms with E-state index in [4.69, 9.17) is 23.2 Å². The van der Waals surface area contributed by atoms with Gasteiger partial charge in [-0.2, -0.15) is 0 Å². The van der Waals surface area contributed by atoms with E-state index in [1.165, 1.54) is 18.2 Å². The molecule has 1 saturated heterocycles. The molecule has 0 aliphatic carbocycles. The summed E-state index contributed by atoms with van der Waals surface area (Å²) in [5, 5.41) is 0.483. The minimum Gasteiger partial charge on any atom is -0.369 e. The van der Waals surface area contributed by atoms with Crippen molar-refractivity contribution in [1.82, 2.24) is 4.90 Å². The Hall–Kier alpha value is -1.47. The van der Waals surface area contributed by atoms with Crippen LogP contribution in [0, 0.1) is 0 Å². The van der Waals surface area contributed by atoms with Gasteiger partial charge in [-0.3, -0.25) is 4.72 Å². The number of sulfonamides is 1. The molecule has 2 aromatic carbocycles. The van der Waals surface area contributed by atoms with E-state index >= 15 is 0 Å². The van der Waals surface area contributed by atoms with Crippen LogP contribution in [0.1, 0.15) is 6.92 Å². The first-order valence-corrected chi connectivity index (χ1v) is 10.7. The van der Waals surface area contributed by atoms with Crippen LogP contribution in [0.3, 0.4) is 0 Å². The van der Waals surface area contributed by atoms with E-state index in [1.807, 2.05) is 12.1 Å². The first kappa shape index (κ1) is 19.3. The van der Waals surface area contributed by atoms with Crippen molar-refractivity contribution in [1.29, 1.82) is 0 Å².